The van der Waals surface area contributed by atoms with E-state index < -0.39 is 0 Å². The monoisotopic (exact) mass is 287 g/mol. The van der Waals surface area contributed by atoms with Crippen molar-refractivity contribution in [2.75, 3.05) is 11.4 Å². The number of nitrogens with zero attached hydrogens (tertiary/aromatic N) is 4. The van der Waals surface area contributed by atoms with Crippen molar-refractivity contribution in [1.29, 1.82) is 0 Å². The van der Waals surface area contributed by atoms with Gasteiger partial charge in [-0.15, -0.1) is 5.10 Å². The summed E-state index contributed by atoms with van der Waals surface area (Å²) < 4.78 is 5.73. The molecule has 0 aromatic carbocycles. The van der Waals surface area contributed by atoms with E-state index in [-0.39, 0.29) is 0 Å². The van der Waals surface area contributed by atoms with Crippen molar-refractivity contribution in [3.8, 4) is 0 Å². The third kappa shape index (κ3) is 3.78. The van der Waals surface area contributed by atoms with Crippen molar-refractivity contribution in [1.82, 2.24) is 20.5 Å². The molecule has 6 nitrogen and oxygen atoms in total. The summed E-state index contributed by atoms with van der Waals surface area (Å²) in [6, 6.07) is 7.23. The molecule has 0 saturated heterocycles. The van der Waals surface area contributed by atoms with Crippen LogP contribution in [-0.2, 0) is 13.1 Å². The van der Waals surface area contributed by atoms with Crippen LogP contribution < -0.4 is 10.2 Å². The molecule has 0 unspecified atom stereocenters. The minimum atomic E-state index is 0.563. The molecule has 1 aliphatic carbocycles. The van der Waals surface area contributed by atoms with Crippen LogP contribution in [0, 0.1) is 6.92 Å². The Labute approximate surface area is 124 Å². The number of rotatable bonds is 7. The van der Waals surface area contributed by atoms with Crippen LogP contribution in [0.5, 0.6) is 0 Å². The summed E-state index contributed by atoms with van der Waals surface area (Å²) in [6.07, 6.45) is 2.50. The number of aromatic nitrogens is 3. The molecule has 0 bridgehead atoms. The van der Waals surface area contributed by atoms with Crippen LogP contribution in [0.3, 0.4) is 0 Å². The molecule has 1 aliphatic rings. The van der Waals surface area contributed by atoms with Gasteiger partial charge in [0.15, 0.2) is 0 Å². The number of aryl methyl sites for hydroxylation is 1. The molecule has 2 heterocycles. The molecule has 0 amide bonds. The summed E-state index contributed by atoms with van der Waals surface area (Å²) in [7, 11) is 0. The van der Waals surface area contributed by atoms with Gasteiger partial charge in [-0.3, -0.25) is 4.98 Å². The number of hydrogen-bond acceptors (Lipinski definition) is 6. The van der Waals surface area contributed by atoms with Crippen LogP contribution in [0.2, 0.25) is 0 Å². The fourth-order valence-corrected chi connectivity index (χ4v) is 2.16. The summed E-state index contributed by atoms with van der Waals surface area (Å²) >= 11 is 0. The highest BCUT2D eigenvalue weighted by Gasteiger charge is 2.21. The van der Waals surface area contributed by atoms with Crippen LogP contribution >= 0.6 is 0 Å². The Morgan fingerprint density at radius 3 is 2.90 bits per heavy atom. The molecular formula is C15H21N5O. The van der Waals surface area contributed by atoms with E-state index in [1.54, 1.807) is 0 Å². The van der Waals surface area contributed by atoms with Crippen LogP contribution in [0.15, 0.2) is 22.6 Å². The molecule has 112 valence electrons. The number of anilines is 1. The van der Waals surface area contributed by atoms with Crippen molar-refractivity contribution in [3.05, 3.63) is 35.5 Å². The van der Waals surface area contributed by atoms with E-state index in [0.717, 1.165) is 17.9 Å². The van der Waals surface area contributed by atoms with E-state index >= 15 is 0 Å². The fourth-order valence-electron chi connectivity index (χ4n) is 2.16. The molecule has 0 spiro atoms. The quantitative estimate of drug-likeness (QED) is 0.840. The SMILES string of the molecule is CCN(Cc1cccc(C)n1)c1nnc(CNC2CC2)o1. The minimum Gasteiger partial charge on any atom is -0.407 e. The highest BCUT2D eigenvalue weighted by Crippen LogP contribution is 2.20. The molecule has 1 saturated carbocycles. The van der Waals surface area contributed by atoms with Gasteiger partial charge in [0.2, 0.25) is 5.89 Å². The molecule has 1 N–H and O–H groups in total. The zero-order chi connectivity index (χ0) is 14.7. The third-order valence-electron chi connectivity index (χ3n) is 3.53. The van der Waals surface area contributed by atoms with E-state index in [1.807, 2.05) is 30.0 Å². The van der Waals surface area contributed by atoms with Crippen LogP contribution in [0.1, 0.15) is 37.0 Å². The normalized spacial score (nSPS) is 14.4. The van der Waals surface area contributed by atoms with Crippen molar-refractivity contribution in [3.63, 3.8) is 0 Å². The molecule has 2 aromatic heterocycles. The fraction of sp³-hybridized carbons (Fsp3) is 0.533. The van der Waals surface area contributed by atoms with Crippen molar-refractivity contribution >= 4 is 6.01 Å². The summed E-state index contributed by atoms with van der Waals surface area (Å²) in [5.41, 5.74) is 2.02. The van der Waals surface area contributed by atoms with Crippen LogP contribution in [0.4, 0.5) is 6.01 Å². The number of hydrogen-bond donors (Lipinski definition) is 1. The van der Waals surface area contributed by atoms with Gasteiger partial charge in [0.1, 0.15) is 0 Å². The highest BCUT2D eigenvalue weighted by molar-refractivity contribution is 5.26. The summed E-state index contributed by atoms with van der Waals surface area (Å²) in [6.45, 7) is 6.19. The maximum absolute atomic E-state index is 5.73. The molecule has 2 aromatic rings. The van der Waals surface area contributed by atoms with Gasteiger partial charge in [-0.05, 0) is 38.8 Å². The van der Waals surface area contributed by atoms with Gasteiger partial charge in [-0.2, -0.15) is 0 Å². The average molecular weight is 287 g/mol. The first-order valence-corrected chi connectivity index (χ1v) is 7.48. The molecule has 21 heavy (non-hydrogen) atoms. The van der Waals surface area contributed by atoms with Gasteiger partial charge in [0, 0.05) is 18.3 Å². The predicted octanol–water partition coefficient (Wildman–Crippen LogP) is 2.05. The molecular weight excluding hydrogens is 266 g/mol. The highest BCUT2D eigenvalue weighted by atomic mass is 16.4. The Morgan fingerprint density at radius 1 is 1.33 bits per heavy atom. The Balaban J connectivity index is 1.64. The van der Waals surface area contributed by atoms with Gasteiger partial charge in [-0.1, -0.05) is 11.2 Å². The second-order valence-corrected chi connectivity index (χ2v) is 5.42. The zero-order valence-corrected chi connectivity index (χ0v) is 12.5. The standard InChI is InChI=1S/C15H21N5O/c1-3-20(10-13-6-4-5-11(2)17-13)15-19-18-14(21-15)9-16-12-7-8-12/h4-6,12,16H,3,7-10H2,1-2H3. The topological polar surface area (TPSA) is 67.1 Å². The second kappa shape index (κ2) is 6.22. The maximum Gasteiger partial charge on any atom is 0.318 e. The van der Waals surface area contributed by atoms with E-state index in [4.69, 9.17) is 4.42 Å². The maximum atomic E-state index is 5.73. The van der Waals surface area contributed by atoms with E-state index in [0.29, 0.717) is 31.0 Å². The van der Waals surface area contributed by atoms with E-state index in [9.17, 15) is 0 Å². The van der Waals surface area contributed by atoms with Crippen molar-refractivity contribution < 1.29 is 4.42 Å². The lowest BCUT2D eigenvalue weighted by atomic mass is 10.3. The molecule has 0 atom stereocenters. The lowest BCUT2D eigenvalue weighted by Gasteiger charge is -2.17. The van der Waals surface area contributed by atoms with Gasteiger partial charge in [0.05, 0.1) is 18.8 Å². The number of nitrogens with one attached hydrogen (secondary N) is 1. The molecule has 0 radical (unpaired) electrons. The molecule has 1 fully saturated rings. The van der Waals surface area contributed by atoms with E-state index in [1.165, 1.54) is 12.8 Å². The zero-order valence-electron chi connectivity index (χ0n) is 12.5. The van der Waals surface area contributed by atoms with Crippen LogP contribution in [0.25, 0.3) is 0 Å². The van der Waals surface area contributed by atoms with Gasteiger partial charge in [-0.25, -0.2) is 0 Å². The predicted molar refractivity (Wildman–Crippen MR) is 79.9 cm³/mol. The summed E-state index contributed by atoms with van der Waals surface area (Å²) in [5.74, 6) is 0.646. The lowest BCUT2D eigenvalue weighted by molar-refractivity contribution is 0.459. The summed E-state index contributed by atoms with van der Waals surface area (Å²) in [4.78, 5) is 6.55. The lowest BCUT2D eigenvalue weighted by Crippen LogP contribution is -2.23. The average Bonchev–Trinajstić information content (AvgIpc) is 3.20. The molecule has 3 rings (SSSR count). The molecule has 6 heteroatoms. The van der Waals surface area contributed by atoms with Gasteiger partial charge in [0.25, 0.3) is 0 Å². The Morgan fingerprint density at radius 2 is 2.19 bits per heavy atom. The van der Waals surface area contributed by atoms with Crippen molar-refractivity contribution in [2.45, 2.75) is 45.8 Å². The second-order valence-electron chi connectivity index (χ2n) is 5.42. The first-order chi connectivity index (χ1) is 10.2. The van der Waals surface area contributed by atoms with Crippen molar-refractivity contribution in [2.24, 2.45) is 0 Å². The number of pyridine rings is 1. The first kappa shape index (κ1) is 14.0. The minimum absolute atomic E-state index is 0.563. The Bertz CT molecular complexity index is 593. The van der Waals surface area contributed by atoms with Crippen LogP contribution in [-0.4, -0.2) is 27.8 Å². The van der Waals surface area contributed by atoms with E-state index in [2.05, 4.69) is 27.4 Å². The smallest absolute Gasteiger partial charge is 0.318 e. The molecule has 0 aliphatic heterocycles. The van der Waals surface area contributed by atoms with Gasteiger partial charge >= 0.3 is 6.01 Å². The van der Waals surface area contributed by atoms with Gasteiger partial charge < -0.3 is 14.6 Å². The Kier molecular flexibility index (Phi) is 4.15. The first-order valence-electron chi connectivity index (χ1n) is 7.48. The largest absolute Gasteiger partial charge is 0.407 e. The summed E-state index contributed by atoms with van der Waals surface area (Å²) in [5, 5.41) is 11.6. The Hall–Kier alpha value is -1.95. The third-order valence-corrected chi connectivity index (χ3v) is 3.53.